The molecule has 1 saturated carbocycles. The van der Waals surface area contributed by atoms with Crippen LogP contribution in [0.2, 0.25) is 0 Å². The molecule has 0 bridgehead atoms. The number of ketones is 2. The number of carbonyl (C=O) groups excluding carboxylic acids is 2. The highest BCUT2D eigenvalue weighted by molar-refractivity contribution is 5.93. The molecule has 4 atom stereocenters. The van der Waals surface area contributed by atoms with E-state index in [1.807, 2.05) is 0 Å². The van der Waals surface area contributed by atoms with Gasteiger partial charge >= 0.3 is 0 Å². The van der Waals surface area contributed by atoms with Crippen LogP contribution in [-0.2, 0) is 9.59 Å². The van der Waals surface area contributed by atoms with Gasteiger partial charge in [0.2, 0.25) is 5.78 Å². The Balaban J connectivity index is 0.00000322. The predicted molar refractivity (Wildman–Crippen MR) is 128 cm³/mol. The van der Waals surface area contributed by atoms with Gasteiger partial charge in [0.25, 0.3) is 0 Å². The molecule has 0 heterocycles. The number of allylic oxidation sites excluding steroid dienone is 1. The number of Topliss-reactive ketones (excluding diaryl/α,β-unsaturated/α-hetero) is 2. The van der Waals surface area contributed by atoms with Crippen molar-refractivity contribution < 1.29 is 35.1 Å². The van der Waals surface area contributed by atoms with Crippen LogP contribution < -0.4 is 0 Å². The first-order valence-electron chi connectivity index (χ1n) is 11.8. The zero-order valence-corrected chi connectivity index (χ0v) is 20.1. The lowest BCUT2D eigenvalue weighted by atomic mass is 9.83. The van der Waals surface area contributed by atoms with Crippen LogP contribution in [0, 0.1) is 23.7 Å². The molecule has 188 valence electrons. The van der Waals surface area contributed by atoms with Gasteiger partial charge in [0.05, 0.1) is 12.4 Å². The van der Waals surface area contributed by atoms with Crippen LogP contribution in [0.1, 0.15) is 84.5 Å². The summed E-state index contributed by atoms with van der Waals surface area (Å²) in [5.74, 6) is 4.44. The second-order valence-corrected chi connectivity index (χ2v) is 8.55. The van der Waals surface area contributed by atoms with Crippen LogP contribution in [0.5, 0.6) is 0 Å². The first-order valence-corrected chi connectivity index (χ1v) is 11.8. The normalized spacial score (nSPS) is 21.9. The molecule has 1 rings (SSSR count). The van der Waals surface area contributed by atoms with E-state index in [4.69, 9.17) is 10.2 Å². The maximum absolute atomic E-state index is 12.3. The lowest BCUT2D eigenvalue weighted by Crippen LogP contribution is -2.28. The molecular weight excluding hydrogens is 424 g/mol. The van der Waals surface area contributed by atoms with Gasteiger partial charge in [-0.25, -0.2) is 0 Å². The van der Waals surface area contributed by atoms with Gasteiger partial charge in [-0.3, -0.25) is 9.59 Å². The highest BCUT2D eigenvalue weighted by atomic mass is 16.3. The molecule has 0 aromatic carbocycles. The molecule has 0 aromatic heterocycles. The van der Waals surface area contributed by atoms with E-state index in [0.717, 1.165) is 25.5 Å². The first-order chi connectivity index (χ1) is 15.7. The highest BCUT2D eigenvalue weighted by Crippen LogP contribution is 2.37. The summed E-state index contributed by atoms with van der Waals surface area (Å²) in [6.07, 6.45) is 8.79. The van der Waals surface area contributed by atoms with E-state index < -0.39 is 29.9 Å². The van der Waals surface area contributed by atoms with Gasteiger partial charge in [-0.15, -0.1) is 5.92 Å². The third kappa shape index (κ3) is 12.0. The molecule has 0 amide bonds. The molecule has 0 saturated heterocycles. The Hall–Kier alpha value is -2.14. The number of hydrogen-bond acceptors (Lipinski definition) is 7. The molecule has 0 spiro atoms. The number of rotatable bonds is 14. The number of aliphatic hydroxyl groups is 5. The van der Waals surface area contributed by atoms with Crippen LogP contribution in [0.15, 0.2) is 24.7 Å². The fraction of sp³-hybridized carbons (Fsp3) is 0.692. The fourth-order valence-electron chi connectivity index (χ4n) is 4.31. The summed E-state index contributed by atoms with van der Waals surface area (Å²) in [6, 6.07) is 0. The van der Waals surface area contributed by atoms with Crippen LogP contribution in [0.4, 0.5) is 0 Å². The molecule has 1 aliphatic carbocycles. The number of aliphatic hydroxyl groups excluding tert-OH is 4. The van der Waals surface area contributed by atoms with Crippen molar-refractivity contribution in [3.05, 3.63) is 24.7 Å². The maximum Gasteiger partial charge on any atom is 0.221 e. The largest absolute Gasteiger partial charge is 0.516 e. The van der Waals surface area contributed by atoms with Crippen LogP contribution >= 0.6 is 0 Å². The summed E-state index contributed by atoms with van der Waals surface area (Å²) in [4.78, 5) is 23.5. The molecular formula is C26H42O7. The van der Waals surface area contributed by atoms with Crippen molar-refractivity contribution in [2.45, 2.75) is 96.2 Å². The average Bonchev–Trinajstić information content (AvgIpc) is 3.04. The predicted octanol–water partition coefficient (Wildman–Crippen LogP) is 3.92. The second-order valence-electron chi connectivity index (χ2n) is 8.55. The molecule has 7 nitrogen and oxygen atoms in total. The third-order valence-corrected chi connectivity index (χ3v) is 6.00. The zero-order chi connectivity index (χ0) is 25.3. The molecule has 33 heavy (non-hydrogen) atoms. The Morgan fingerprint density at radius 3 is 2.42 bits per heavy atom. The van der Waals surface area contributed by atoms with Gasteiger partial charge in [0.1, 0.15) is 18.0 Å². The van der Waals surface area contributed by atoms with Crippen LogP contribution in [0.3, 0.4) is 0 Å². The average molecular weight is 467 g/mol. The number of hydrogen-bond donors (Lipinski definition) is 5. The monoisotopic (exact) mass is 466 g/mol. The summed E-state index contributed by atoms with van der Waals surface area (Å²) >= 11 is 0. The minimum atomic E-state index is -0.992. The molecule has 0 radical (unpaired) electrons. The lowest BCUT2D eigenvalue weighted by molar-refractivity contribution is -0.121. The van der Waals surface area contributed by atoms with Gasteiger partial charge in [-0.05, 0) is 70.3 Å². The Kier molecular flexibility index (Phi) is 16.2. The summed E-state index contributed by atoms with van der Waals surface area (Å²) in [5, 5.41) is 46.5. The molecule has 1 unspecified atom stereocenters. The molecule has 0 aromatic rings. The summed E-state index contributed by atoms with van der Waals surface area (Å²) in [6.45, 7) is 6.00. The zero-order valence-electron chi connectivity index (χ0n) is 20.1. The Bertz CT molecular complexity index is 688. The Labute approximate surface area is 198 Å². The van der Waals surface area contributed by atoms with Crippen molar-refractivity contribution in [2.24, 2.45) is 11.8 Å². The van der Waals surface area contributed by atoms with Gasteiger partial charge in [-0.1, -0.05) is 32.3 Å². The molecule has 7 heteroatoms. The van der Waals surface area contributed by atoms with Gasteiger partial charge in [0.15, 0.2) is 5.76 Å². The summed E-state index contributed by atoms with van der Waals surface area (Å²) < 4.78 is 0. The Morgan fingerprint density at radius 1 is 1.21 bits per heavy atom. The topological polar surface area (TPSA) is 135 Å². The third-order valence-electron chi connectivity index (χ3n) is 6.00. The maximum atomic E-state index is 12.3. The van der Waals surface area contributed by atoms with Crippen molar-refractivity contribution in [2.75, 3.05) is 6.61 Å². The molecule has 1 fully saturated rings. The molecule has 5 N–H and O–H groups in total. The van der Waals surface area contributed by atoms with Crippen molar-refractivity contribution >= 4 is 11.6 Å². The van der Waals surface area contributed by atoms with Crippen LogP contribution in [-0.4, -0.2) is 55.4 Å². The standard InChI is InChI=1S/C24H38O6.C2H4O/c1-3-5-14-24(30,13-4-2)15-9-11-19-18(21(27)16-22(19)28)10-7-6-8-12-20(26)23(29)17-25;1-2-3/h12,18-19,22,25-26,28,30H,3,5-11,14-17H2,1-2H3;2-3H,1H2/t18-,19-,22-,24?;/m1./s1. The number of unbranched alkanes of at least 4 members (excludes halogenated alkanes) is 3. The second kappa shape index (κ2) is 17.4. The van der Waals surface area contributed by atoms with Crippen LogP contribution in [0.25, 0.3) is 0 Å². The number of carbonyl (C=O) groups is 2. The van der Waals surface area contributed by atoms with E-state index in [1.165, 1.54) is 6.08 Å². The van der Waals surface area contributed by atoms with E-state index in [1.54, 1.807) is 6.92 Å². The minimum absolute atomic E-state index is 0.0935. The SMILES string of the molecule is C=CO.CC#CC(O)(CCCC)CCC[C@H]1[C@H](O)CC(=O)[C@@H]1CCCCC=C(O)C(=O)CO. The van der Waals surface area contributed by atoms with Gasteiger partial charge < -0.3 is 25.5 Å². The summed E-state index contributed by atoms with van der Waals surface area (Å²) in [5.41, 5.74) is -0.992. The fourth-order valence-corrected chi connectivity index (χ4v) is 4.31. The van der Waals surface area contributed by atoms with Gasteiger partial charge in [-0.2, -0.15) is 0 Å². The molecule has 1 aliphatic rings. The molecule has 0 aliphatic heterocycles. The highest BCUT2D eigenvalue weighted by Gasteiger charge is 2.40. The minimum Gasteiger partial charge on any atom is -0.516 e. The van der Waals surface area contributed by atoms with E-state index >= 15 is 0 Å². The van der Waals surface area contributed by atoms with Gasteiger partial charge in [0, 0.05) is 12.3 Å². The first kappa shape index (κ1) is 30.9. The quantitative estimate of drug-likeness (QED) is 0.113. The Morgan fingerprint density at radius 2 is 1.85 bits per heavy atom. The van der Waals surface area contributed by atoms with E-state index in [-0.39, 0.29) is 24.0 Å². The van der Waals surface area contributed by atoms with E-state index in [2.05, 4.69) is 25.3 Å². The van der Waals surface area contributed by atoms with E-state index in [0.29, 0.717) is 44.9 Å². The van der Waals surface area contributed by atoms with Crippen molar-refractivity contribution in [3.63, 3.8) is 0 Å². The lowest BCUT2D eigenvalue weighted by Gasteiger charge is -2.25. The van der Waals surface area contributed by atoms with E-state index in [9.17, 15) is 24.9 Å². The van der Waals surface area contributed by atoms with Crippen molar-refractivity contribution in [3.8, 4) is 11.8 Å². The smallest absolute Gasteiger partial charge is 0.221 e. The van der Waals surface area contributed by atoms with Crippen molar-refractivity contribution in [1.29, 1.82) is 0 Å². The summed E-state index contributed by atoms with van der Waals surface area (Å²) in [7, 11) is 0. The van der Waals surface area contributed by atoms with Crippen molar-refractivity contribution in [1.82, 2.24) is 0 Å².